The maximum absolute atomic E-state index is 10.9. The fraction of sp³-hybridized carbons (Fsp3) is 0.294. The smallest absolute Gasteiger partial charge is 0.0936 e. The van der Waals surface area contributed by atoms with Crippen LogP contribution < -0.4 is 0 Å². The zero-order chi connectivity index (χ0) is 12.8. The Morgan fingerprint density at radius 3 is 2.00 bits per heavy atom. The minimum atomic E-state index is -0.753. The SMILES string of the molecule is CCC[C@@](O)(Cc1ccccc1)c1ccccc1. The summed E-state index contributed by atoms with van der Waals surface area (Å²) in [5.41, 5.74) is 1.44. The van der Waals surface area contributed by atoms with Crippen molar-refractivity contribution >= 4 is 0 Å². The van der Waals surface area contributed by atoms with Gasteiger partial charge in [0.2, 0.25) is 0 Å². The van der Waals surface area contributed by atoms with Crippen LogP contribution in [0.25, 0.3) is 0 Å². The van der Waals surface area contributed by atoms with Crippen LogP contribution in [0, 0.1) is 0 Å². The largest absolute Gasteiger partial charge is 0.385 e. The van der Waals surface area contributed by atoms with Crippen LogP contribution in [0.15, 0.2) is 60.7 Å². The molecule has 1 heteroatoms. The highest BCUT2D eigenvalue weighted by molar-refractivity contribution is 5.26. The Kier molecular flexibility index (Phi) is 4.16. The monoisotopic (exact) mass is 240 g/mol. The molecule has 1 atom stereocenters. The molecule has 0 spiro atoms. The maximum atomic E-state index is 10.9. The van der Waals surface area contributed by atoms with E-state index in [4.69, 9.17) is 0 Å². The summed E-state index contributed by atoms with van der Waals surface area (Å²) in [6, 6.07) is 20.2. The molecular formula is C17H20O. The average molecular weight is 240 g/mol. The first-order chi connectivity index (χ1) is 8.74. The van der Waals surface area contributed by atoms with Gasteiger partial charge in [0, 0.05) is 6.42 Å². The molecule has 2 rings (SSSR count). The number of hydrogen-bond acceptors (Lipinski definition) is 1. The normalized spacial score (nSPS) is 14.1. The van der Waals surface area contributed by atoms with Crippen molar-refractivity contribution in [2.45, 2.75) is 31.8 Å². The lowest BCUT2D eigenvalue weighted by molar-refractivity contribution is 0.0269. The van der Waals surface area contributed by atoms with Gasteiger partial charge in [-0.25, -0.2) is 0 Å². The summed E-state index contributed by atoms with van der Waals surface area (Å²) in [5, 5.41) is 10.9. The first kappa shape index (κ1) is 12.8. The van der Waals surface area contributed by atoms with E-state index < -0.39 is 5.60 Å². The Morgan fingerprint density at radius 1 is 0.889 bits per heavy atom. The summed E-state index contributed by atoms with van der Waals surface area (Å²) in [6.45, 7) is 2.11. The highest BCUT2D eigenvalue weighted by atomic mass is 16.3. The molecule has 2 aromatic carbocycles. The van der Waals surface area contributed by atoms with E-state index in [9.17, 15) is 5.11 Å². The van der Waals surface area contributed by atoms with Crippen LogP contribution in [0.4, 0.5) is 0 Å². The van der Waals surface area contributed by atoms with Crippen LogP contribution in [-0.4, -0.2) is 5.11 Å². The van der Waals surface area contributed by atoms with Gasteiger partial charge in [-0.3, -0.25) is 0 Å². The molecule has 0 saturated carbocycles. The third kappa shape index (κ3) is 2.99. The molecule has 0 aliphatic rings. The molecule has 0 amide bonds. The lowest BCUT2D eigenvalue weighted by Gasteiger charge is -2.28. The Bertz CT molecular complexity index is 463. The van der Waals surface area contributed by atoms with Crippen LogP contribution in [0.2, 0.25) is 0 Å². The van der Waals surface area contributed by atoms with Gasteiger partial charge in [-0.05, 0) is 17.5 Å². The van der Waals surface area contributed by atoms with Crippen LogP contribution in [-0.2, 0) is 12.0 Å². The predicted molar refractivity (Wildman–Crippen MR) is 75.4 cm³/mol. The minimum absolute atomic E-state index is 0.672. The van der Waals surface area contributed by atoms with Gasteiger partial charge in [0.1, 0.15) is 0 Å². The standard InChI is InChI=1S/C17H20O/c1-2-13-17(18,16-11-7-4-8-12-16)14-15-9-5-3-6-10-15/h3-12,18H,2,13-14H2,1H3/t17-/m1/s1. The van der Waals surface area contributed by atoms with Crippen molar-refractivity contribution in [3.63, 3.8) is 0 Å². The molecule has 2 aromatic rings. The van der Waals surface area contributed by atoms with Gasteiger partial charge in [0.15, 0.2) is 0 Å². The Balaban J connectivity index is 2.27. The highest BCUT2D eigenvalue weighted by Gasteiger charge is 2.28. The second-order valence-electron chi connectivity index (χ2n) is 4.81. The van der Waals surface area contributed by atoms with Gasteiger partial charge in [-0.15, -0.1) is 0 Å². The minimum Gasteiger partial charge on any atom is -0.385 e. The molecule has 18 heavy (non-hydrogen) atoms. The van der Waals surface area contributed by atoms with Crippen molar-refractivity contribution in [3.8, 4) is 0 Å². The van der Waals surface area contributed by atoms with Gasteiger partial charge < -0.3 is 5.11 Å². The van der Waals surface area contributed by atoms with Gasteiger partial charge in [-0.2, -0.15) is 0 Å². The molecule has 0 aromatic heterocycles. The van der Waals surface area contributed by atoms with E-state index in [1.807, 2.05) is 48.5 Å². The first-order valence-corrected chi connectivity index (χ1v) is 6.56. The number of aliphatic hydroxyl groups is 1. The Hall–Kier alpha value is -1.60. The van der Waals surface area contributed by atoms with E-state index in [0.717, 1.165) is 18.4 Å². The van der Waals surface area contributed by atoms with Crippen molar-refractivity contribution in [2.24, 2.45) is 0 Å². The molecular weight excluding hydrogens is 220 g/mol. The van der Waals surface area contributed by atoms with E-state index in [0.29, 0.717) is 6.42 Å². The average Bonchev–Trinajstić information content (AvgIpc) is 2.41. The van der Waals surface area contributed by atoms with Gasteiger partial charge >= 0.3 is 0 Å². The lowest BCUT2D eigenvalue weighted by Crippen LogP contribution is -2.28. The molecule has 0 fully saturated rings. The van der Waals surface area contributed by atoms with Crippen molar-refractivity contribution in [3.05, 3.63) is 71.8 Å². The maximum Gasteiger partial charge on any atom is 0.0936 e. The van der Waals surface area contributed by atoms with Crippen LogP contribution >= 0.6 is 0 Å². The molecule has 0 bridgehead atoms. The van der Waals surface area contributed by atoms with Crippen LogP contribution in [0.5, 0.6) is 0 Å². The third-order valence-corrected chi connectivity index (χ3v) is 3.31. The number of hydrogen-bond donors (Lipinski definition) is 1. The first-order valence-electron chi connectivity index (χ1n) is 6.56. The summed E-state index contributed by atoms with van der Waals surface area (Å²) in [4.78, 5) is 0. The quantitative estimate of drug-likeness (QED) is 0.840. The van der Waals surface area contributed by atoms with Gasteiger partial charge in [0.05, 0.1) is 5.60 Å². The molecule has 94 valence electrons. The molecule has 0 saturated heterocycles. The van der Waals surface area contributed by atoms with E-state index in [1.54, 1.807) is 0 Å². The van der Waals surface area contributed by atoms with Crippen LogP contribution in [0.3, 0.4) is 0 Å². The molecule has 0 aliphatic heterocycles. The fourth-order valence-corrected chi connectivity index (χ4v) is 2.43. The molecule has 1 nitrogen and oxygen atoms in total. The summed E-state index contributed by atoms with van der Waals surface area (Å²) >= 11 is 0. The second kappa shape index (κ2) is 5.83. The van der Waals surface area contributed by atoms with Crippen LogP contribution in [0.1, 0.15) is 30.9 Å². The van der Waals surface area contributed by atoms with Crippen molar-refractivity contribution < 1.29 is 5.11 Å². The molecule has 0 aliphatic carbocycles. The Morgan fingerprint density at radius 2 is 1.44 bits per heavy atom. The number of benzene rings is 2. The van der Waals surface area contributed by atoms with Gasteiger partial charge in [-0.1, -0.05) is 74.0 Å². The van der Waals surface area contributed by atoms with Gasteiger partial charge in [0.25, 0.3) is 0 Å². The molecule has 0 heterocycles. The number of rotatable bonds is 5. The van der Waals surface area contributed by atoms with Crippen molar-refractivity contribution in [2.75, 3.05) is 0 Å². The third-order valence-electron chi connectivity index (χ3n) is 3.31. The molecule has 0 radical (unpaired) electrons. The van der Waals surface area contributed by atoms with Crippen molar-refractivity contribution in [1.29, 1.82) is 0 Å². The topological polar surface area (TPSA) is 20.2 Å². The van der Waals surface area contributed by atoms with E-state index >= 15 is 0 Å². The highest BCUT2D eigenvalue weighted by Crippen LogP contribution is 2.30. The van der Waals surface area contributed by atoms with Crippen molar-refractivity contribution in [1.82, 2.24) is 0 Å². The zero-order valence-electron chi connectivity index (χ0n) is 10.8. The fourth-order valence-electron chi connectivity index (χ4n) is 2.43. The summed E-state index contributed by atoms with van der Waals surface area (Å²) in [5.74, 6) is 0. The van der Waals surface area contributed by atoms with E-state index in [2.05, 4.69) is 19.1 Å². The summed E-state index contributed by atoms with van der Waals surface area (Å²) < 4.78 is 0. The summed E-state index contributed by atoms with van der Waals surface area (Å²) in [6.07, 6.45) is 2.43. The zero-order valence-corrected chi connectivity index (χ0v) is 10.8. The Labute approximate surface area is 109 Å². The lowest BCUT2D eigenvalue weighted by atomic mass is 9.84. The molecule has 1 N–H and O–H groups in total. The van der Waals surface area contributed by atoms with E-state index in [-0.39, 0.29) is 0 Å². The second-order valence-corrected chi connectivity index (χ2v) is 4.81. The predicted octanol–water partition coefficient (Wildman–Crippen LogP) is 3.92. The molecule has 0 unspecified atom stereocenters. The summed E-state index contributed by atoms with van der Waals surface area (Å²) in [7, 11) is 0. The van der Waals surface area contributed by atoms with E-state index in [1.165, 1.54) is 5.56 Å².